The van der Waals surface area contributed by atoms with Crippen molar-refractivity contribution in [2.24, 2.45) is 10.9 Å². The Morgan fingerprint density at radius 2 is 2.25 bits per heavy atom. The summed E-state index contributed by atoms with van der Waals surface area (Å²) in [6.45, 7) is 1.69. The lowest BCUT2D eigenvalue weighted by Crippen LogP contribution is -2.27. The average molecular weight is 274 g/mol. The minimum Gasteiger partial charge on any atom is -0.438 e. The average Bonchev–Trinajstić information content (AvgIpc) is 2.91. The van der Waals surface area contributed by atoms with Crippen LogP contribution in [0.3, 0.4) is 0 Å². The molecule has 0 radical (unpaired) electrons. The molecule has 0 aliphatic carbocycles. The van der Waals surface area contributed by atoms with Crippen molar-refractivity contribution in [2.75, 3.05) is 11.9 Å². The highest BCUT2D eigenvalue weighted by atomic mass is 16.4. The number of aromatic nitrogens is 1. The van der Waals surface area contributed by atoms with E-state index in [-0.39, 0.29) is 17.5 Å². The summed E-state index contributed by atoms with van der Waals surface area (Å²) in [5.41, 5.74) is 7.15. The molecule has 104 valence electrons. The predicted molar refractivity (Wildman–Crippen MR) is 72.9 cm³/mol. The maximum atomic E-state index is 12.3. The van der Waals surface area contributed by atoms with Crippen molar-refractivity contribution in [3.63, 3.8) is 0 Å². The van der Waals surface area contributed by atoms with Gasteiger partial charge in [-0.05, 0) is 19.1 Å². The SMILES string of the molecule is Cc1ncoc1C(=O)N(C)c1cccc(/C(N)=N/O)c1. The molecule has 0 atom stereocenters. The zero-order chi connectivity index (χ0) is 14.7. The summed E-state index contributed by atoms with van der Waals surface area (Å²) in [7, 11) is 1.61. The quantitative estimate of drug-likeness (QED) is 0.380. The fourth-order valence-corrected chi connectivity index (χ4v) is 1.71. The van der Waals surface area contributed by atoms with Crippen LogP contribution in [0.15, 0.2) is 40.2 Å². The first-order valence-electron chi connectivity index (χ1n) is 5.80. The number of anilines is 1. The first-order valence-corrected chi connectivity index (χ1v) is 5.80. The topological polar surface area (TPSA) is 105 Å². The maximum Gasteiger partial charge on any atom is 0.295 e. The molecule has 0 saturated heterocycles. The third-order valence-electron chi connectivity index (χ3n) is 2.88. The first-order chi connectivity index (χ1) is 9.54. The fourth-order valence-electron chi connectivity index (χ4n) is 1.71. The van der Waals surface area contributed by atoms with Crippen molar-refractivity contribution in [3.8, 4) is 0 Å². The smallest absolute Gasteiger partial charge is 0.295 e. The molecule has 1 aromatic heterocycles. The second-order valence-corrected chi connectivity index (χ2v) is 4.17. The largest absolute Gasteiger partial charge is 0.438 e. The second kappa shape index (κ2) is 5.43. The van der Waals surface area contributed by atoms with E-state index in [0.717, 1.165) is 0 Å². The summed E-state index contributed by atoms with van der Waals surface area (Å²) in [6, 6.07) is 6.76. The van der Waals surface area contributed by atoms with E-state index in [4.69, 9.17) is 15.4 Å². The number of hydrogen-bond acceptors (Lipinski definition) is 5. The molecule has 0 fully saturated rings. The first kappa shape index (κ1) is 13.6. The Labute approximate surface area is 115 Å². The van der Waals surface area contributed by atoms with E-state index in [2.05, 4.69) is 10.1 Å². The van der Waals surface area contributed by atoms with Crippen molar-refractivity contribution in [1.82, 2.24) is 4.98 Å². The zero-order valence-corrected chi connectivity index (χ0v) is 11.1. The van der Waals surface area contributed by atoms with Crippen molar-refractivity contribution in [1.29, 1.82) is 0 Å². The predicted octanol–water partition coefficient (Wildman–Crippen LogP) is 1.35. The van der Waals surface area contributed by atoms with Crippen LogP contribution in [-0.4, -0.2) is 29.0 Å². The lowest BCUT2D eigenvalue weighted by Gasteiger charge is -2.16. The van der Waals surface area contributed by atoms with E-state index in [0.29, 0.717) is 16.9 Å². The van der Waals surface area contributed by atoms with Crippen LogP contribution >= 0.6 is 0 Å². The normalized spacial score (nSPS) is 11.4. The number of nitrogens with two attached hydrogens (primary N) is 1. The number of oxazole rings is 1. The Kier molecular flexibility index (Phi) is 3.69. The summed E-state index contributed by atoms with van der Waals surface area (Å²) in [5, 5.41) is 11.6. The standard InChI is InChI=1S/C13H14N4O3/c1-8-11(20-7-15-8)13(18)17(2)10-5-3-4-9(6-10)12(14)16-19/h3-7,19H,1-2H3,(H2,14,16). The molecule has 0 spiro atoms. The number of amides is 1. The number of carbonyl (C=O) groups excluding carboxylic acids is 1. The van der Waals surface area contributed by atoms with Gasteiger partial charge in [-0.2, -0.15) is 0 Å². The molecule has 1 heterocycles. The zero-order valence-electron chi connectivity index (χ0n) is 11.1. The minimum atomic E-state index is -0.323. The van der Waals surface area contributed by atoms with Crippen LogP contribution in [0.1, 0.15) is 21.8 Å². The third-order valence-corrected chi connectivity index (χ3v) is 2.88. The van der Waals surface area contributed by atoms with Crippen molar-refractivity contribution in [3.05, 3.63) is 47.7 Å². The Balaban J connectivity index is 2.32. The number of aryl methyl sites for hydroxylation is 1. The van der Waals surface area contributed by atoms with Gasteiger partial charge in [-0.1, -0.05) is 17.3 Å². The van der Waals surface area contributed by atoms with Gasteiger partial charge in [-0.25, -0.2) is 4.98 Å². The molecule has 20 heavy (non-hydrogen) atoms. The Morgan fingerprint density at radius 1 is 1.50 bits per heavy atom. The minimum absolute atomic E-state index is 0.0245. The molecule has 2 aromatic rings. The molecule has 0 unspecified atom stereocenters. The van der Waals surface area contributed by atoms with E-state index in [9.17, 15) is 4.79 Å². The van der Waals surface area contributed by atoms with Crippen LogP contribution in [0.25, 0.3) is 0 Å². The van der Waals surface area contributed by atoms with Crippen LogP contribution in [0.2, 0.25) is 0 Å². The van der Waals surface area contributed by atoms with Crippen LogP contribution in [0, 0.1) is 6.92 Å². The van der Waals surface area contributed by atoms with Gasteiger partial charge in [0, 0.05) is 18.3 Å². The second-order valence-electron chi connectivity index (χ2n) is 4.17. The highest BCUT2D eigenvalue weighted by molar-refractivity contribution is 6.05. The third kappa shape index (κ3) is 2.46. The Bertz CT molecular complexity index is 663. The van der Waals surface area contributed by atoms with Gasteiger partial charge in [-0.15, -0.1) is 0 Å². The molecule has 7 nitrogen and oxygen atoms in total. The van der Waals surface area contributed by atoms with Gasteiger partial charge in [0.2, 0.25) is 5.76 Å². The number of hydrogen-bond donors (Lipinski definition) is 2. The molecule has 0 bridgehead atoms. The molecule has 2 rings (SSSR count). The van der Waals surface area contributed by atoms with E-state index in [1.807, 2.05) is 0 Å². The van der Waals surface area contributed by atoms with Gasteiger partial charge in [-0.3, -0.25) is 4.79 Å². The van der Waals surface area contributed by atoms with Crippen LogP contribution in [0.5, 0.6) is 0 Å². The molecule has 0 saturated carbocycles. The summed E-state index contributed by atoms with van der Waals surface area (Å²) in [5.74, 6) is -0.165. The van der Waals surface area contributed by atoms with E-state index < -0.39 is 0 Å². The number of nitrogens with zero attached hydrogens (tertiary/aromatic N) is 3. The molecule has 1 aromatic carbocycles. The number of amidine groups is 1. The van der Waals surface area contributed by atoms with Crippen LogP contribution in [0.4, 0.5) is 5.69 Å². The summed E-state index contributed by atoms with van der Waals surface area (Å²) < 4.78 is 5.08. The van der Waals surface area contributed by atoms with Crippen LogP contribution in [-0.2, 0) is 0 Å². The Hall–Kier alpha value is -2.83. The Morgan fingerprint density at radius 3 is 2.85 bits per heavy atom. The summed E-state index contributed by atoms with van der Waals surface area (Å²) in [6.07, 6.45) is 1.23. The highest BCUT2D eigenvalue weighted by Crippen LogP contribution is 2.18. The monoisotopic (exact) mass is 274 g/mol. The summed E-state index contributed by atoms with van der Waals surface area (Å²) >= 11 is 0. The van der Waals surface area contributed by atoms with Crippen molar-refractivity contribution < 1.29 is 14.4 Å². The molecular formula is C13H14N4O3. The number of benzene rings is 1. The lowest BCUT2D eigenvalue weighted by atomic mass is 10.1. The van der Waals surface area contributed by atoms with Gasteiger partial charge in [0.25, 0.3) is 5.91 Å². The van der Waals surface area contributed by atoms with E-state index >= 15 is 0 Å². The van der Waals surface area contributed by atoms with Crippen molar-refractivity contribution >= 4 is 17.4 Å². The van der Waals surface area contributed by atoms with E-state index in [1.165, 1.54) is 11.3 Å². The molecule has 0 aliphatic rings. The van der Waals surface area contributed by atoms with Gasteiger partial charge in [0.05, 0.1) is 5.69 Å². The van der Waals surface area contributed by atoms with Gasteiger partial charge in [0.15, 0.2) is 12.2 Å². The van der Waals surface area contributed by atoms with E-state index in [1.54, 1.807) is 38.2 Å². The van der Waals surface area contributed by atoms with Crippen molar-refractivity contribution in [2.45, 2.75) is 6.92 Å². The maximum absolute atomic E-state index is 12.3. The fraction of sp³-hybridized carbons (Fsp3) is 0.154. The number of rotatable bonds is 3. The lowest BCUT2D eigenvalue weighted by molar-refractivity contribution is 0.0965. The van der Waals surface area contributed by atoms with Gasteiger partial charge < -0.3 is 20.3 Å². The molecule has 1 amide bonds. The highest BCUT2D eigenvalue weighted by Gasteiger charge is 2.20. The van der Waals surface area contributed by atoms with Crippen LogP contribution < -0.4 is 10.6 Å². The van der Waals surface area contributed by atoms with Gasteiger partial charge >= 0.3 is 0 Å². The number of carbonyl (C=O) groups is 1. The van der Waals surface area contributed by atoms with Gasteiger partial charge in [0.1, 0.15) is 0 Å². The molecule has 7 heteroatoms. The molecule has 3 N–H and O–H groups in total. The number of oxime groups is 1. The summed E-state index contributed by atoms with van der Waals surface area (Å²) in [4.78, 5) is 17.5. The molecular weight excluding hydrogens is 260 g/mol. The molecule has 0 aliphatic heterocycles.